The highest BCUT2D eigenvalue weighted by molar-refractivity contribution is 5.79. The van der Waals surface area contributed by atoms with Gasteiger partial charge < -0.3 is 20.1 Å². The molecule has 0 saturated carbocycles. The van der Waals surface area contributed by atoms with Gasteiger partial charge in [-0.3, -0.25) is 9.89 Å². The van der Waals surface area contributed by atoms with Crippen molar-refractivity contribution in [3.05, 3.63) is 35.4 Å². The molecule has 0 aromatic heterocycles. The van der Waals surface area contributed by atoms with E-state index in [0.717, 1.165) is 58.3 Å². The van der Waals surface area contributed by atoms with E-state index < -0.39 is 0 Å². The standard InChI is InChI=1S/C24H40N4O2/c1-25-24(26-12-8-15-29-20-23-11-7-16-30-23)27-18-21-9-6-10-22(17-21)19-28-13-4-2-3-5-14-28/h6,9-10,17,23H,2-5,7-8,11-16,18-20H2,1H3,(H2,25,26,27). The van der Waals surface area contributed by atoms with E-state index >= 15 is 0 Å². The van der Waals surface area contributed by atoms with Crippen molar-refractivity contribution >= 4 is 5.96 Å². The predicted octanol–water partition coefficient (Wildman–Crippen LogP) is 3.31. The van der Waals surface area contributed by atoms with Crippen LogP contribution >= 0.6 is 0 Å². The summed E-state index contributed by atoms with van der Waals surface area (Å²) in [6, 6.07) is 8.93. The molecule has 168 valence electrons. The second kappa shape index (κ2) is 13.6. The summed E-state index contributed by atoms with van der Waals surface area (Å²) in [5.74, 6) is 0.840. The van der Waals surface area contributed by atoms with E-state index in [9.17, 15) is 0 Å². The fourth-order valence-corrected chi connectivity index (χ4v) is 4.17. The van der Waals surface area contributed by atoms with Crippen LogP contribution in [0.1, 0.15) is 56.1 Å². The van der Waals surface area contributed by atoms with Gasteiger partial charge in [-0.05, 0) is 56.3 Å². The van der Waals surface area contributed by atoms with Gasteiger partial charge in [0.25, 0.3) is 0 Å². The minimum Gasteiger partial charge on any atom is -0.379 e. The maximum atomic E-state index is 5.72. The summed E-state index contributed by atoms with van der Waals surface area (Å²) >= 11 is 0. The van der Waals surface area contributed by atoms with Crippen LogP contribution in [0.5, 0.6) is 0 Å². The lowest BCUT2D eigenvalue weighted by Gasteiger charge is -2.20. The predicted molar refractivity (Wildman–Crippen MR) is 123 cm³/mol. The summed E-state index contributed by atoms with van der Waals surface area (Å²) in [4.78, 5) is 6.93. The Morgan fingerprint density at radius 3 is 2.73 bits per heavy atom. The Kier molecular flexibility index (Phi) is 10.5. The van der Waals surface area contributed by atoms with Crippen LogP contribution in [-0.4, -0.2) is 63.5 Å². The first-order chi connectivity index (χ1) is 14.8. The Hall–Kier alpha value is -1.63. The zero-order valence-corrected chi connectivity index (χ0v) is 18.7. The maximum Gasteiger partial charge on any atom is 0.191 e. The van der Waals surface area contributed by atoms with Crippen molar-refractivity contribution in [1.29, 1.82) is 0 Å². The van der Waals surface area contributed by atoms with Crippen molar-refractivity contribution in [2.45, 2.75) is 64.1 Å². The van der Waals surface area contributed by atoms with E-state index in [2.05, 4.69) is 44.8 Å². The molecular formula is C24H40N4O2. The van der Waals surface area contributed by atoms with Gasteiger partial charge in [0, 0.05) is 39.9 Å². The number of hydrogen-bond acceptors (Lipinski definition) is 4. The first-order valence-corrected chi connectivity index (χ1v) is 11.8. The molecule has 2 aliphatic heterocycles. The van der Waals surface area contributed by atoms with Crippen LogP contribution in [0.15, 0.2) is 29.3 Å². The molecule has 2 fully saturated rings. The Morgan fingerprint density at radius 2 is 1.97 bits per heavy atom. The second-order valence-corrected chi connectivity index (χ2v) is 8.43. The fraction of sp³-hybridized carbons (Fsp3) is 0.708. The van der Waals surface area contributed by atoms with Crippen molar-refractivity contribution in [2.24, 2.45) is 4.99 Å². The molecule has 2 saturated heterocycles. The van der Waals surface area contributed by atoms with Gasteiger partial charge in [-0.1, -0.05) is 37.1 Å². The summed E-state index contributed by atoms with van der Waals surface area (Å²) in [6.45, 7) is 7.52. The normalized spacial score (nSPS) is 20.8. The minimum absolute atomic E-state index is 0.308. The maximum absolute atomic E-state index is 5.72. The van der Waals surface area contributed by atoms with Crippen LogP contribution in [0.25, 0.3) is 0 Å². The highest BCUT2D eigenvalue weighted by Gasteiger charge is 2.15. The zero-order valence-electron chi connectivity index (χ0n) is 18.7. The summed E-state index contributed by atoms with van der Waals surface area (Å²) in [7, 11) is 1.82. The molecule has 0 amide bonds. The third-order valence-corrected chi connectivity index (χ3v) is 5.87. The van der Waals surface area contributed by atoms with Crippen LogP contribution in [-0.2, 0) is 22.6 Å². The number of likely N-dealkylation sites (tertiary alicyclic amines) is 1. The molecule has 6 nitrogen and oxygen atoms in total. The number of aliphatic imine (C=N–C) groups is 1. The summed E-state index contributed by atoms with van der Waals surface area (Å²) in [5.41, 5.74) is 2.70. The van der Waals surface area contributed by atoms with E-state index in [1.807, 2.05) is 7.05 Å². The van der Waals surface area contributed by atoms with Gasteiger partial charge in [-0.2, -0.15) is 0 Å². The number of guanidine groups is 1. The molecule has 1 aromatic rings. The van der Waals surface area contributed by atoms with Crippen LogP contribution in [0, 0.1) is 0 Å². The monoisotopic (exact) mass is 416 g/mol. The van der Waals surface area contributed by atoms with Gasteiger partial charge in [0.2, 0.25) is 0 Å². The number of nitrogens with zero attached hydrogens (tertiary/aromatic N) is 2. The largest absolute Gasteiger partial charge is 0.379 e. The molecule has 30 heavy (non-hydrogen) atoms. The van der Waals surface area contributed by atoms with Gasteiger partial charge in [0.05, 0.1) is 12.7 Å². The third-order valence-electron chi connectivity index (χ3n) is 5.87. The topological polar surface area (TPSA) is 58.1 Å². The second-order valence-electron chi connectivity index (χ2n) is 8.43. The van der Waals surface area contributed by atoms with Crippen LogP contribution in [0.3, 0.4) is 0 Å². The highest BCUT2D eigenvalue weighted by atomic mass is 16.5. The summed E-state index contributed by atoms with van der Waals surface area (Å²) in [6.07, 6.45) is 9.00. The molecule has 2 aliphatic rings. The molecular weight excluding hydrogens is 376 g/mol. The lowest BCUT2D eigenvalue weighted by atomic mass is 10.1. The van der Waals surface area contributed by atoms with Gasteiger partial charge >= 0.3 is 0 Å². The van der Waals surface area contributed by atoms with Gasteiger partial charge in [0.15, 0.2) is 5.96 Å². The Bertz CT molecular complexity index is 623. The van der Waals surface area contributed by atoms with Gasteiger partial charge in [-0.25, -0.2) is 0 Å². The molecule has 0 aliphatic carbocycles. The SMILES string of the molecule is CN=C(NCCCOCC1CCCO1)NCc1cccc(CN2CCCCCC2)c1. The van der Waals surface area contributed by atoms with E-state index in [0.29, 0.717) is 6.10 Å². The average molecular weight is 417 g/mol. The van der Waals surface area contributed by atoms with E-state index in [1.165, 1.54) is 56.3 Å². The zero-order chi connectivity index (χ0) is 20.9. The lowest BCUT2D eigenvalue weighted by molar-refractivity contribution is 0.0168. The smallest absolute Gasteiger partial charge is 0.191 e. The number of hydrogen-bond donors (Lipinski definition) is 2. The molecule has 1 aromatic carbocycles. The summed E-state index contributed by atoms with van der Waals surface area (Å²) in [5, 5.41) is 6.80. The Labute approximate surface area is 182 Å². The van der Waals surface area contributed by atoms with Gasteiger partial charge in [-0.15, -0.1) is 0 Å². The van der Waals surface area contributed by atoms with Crippen molar-refractivity contribution in [3.8, 4) is 0 Å². The molecule has 0 radical (unpaired) electrons. The quantitative estimate of drug-likeness (QED) is 0.348. The lowest BCUT2D eigenvalue weighted by Crippen LogP contribution is -2.37. The minimum atomic E-state index is 0.308. The van der Waals surface area contributed by atoms with Crippen LogP contribution < -0.4 is 10.6 Å². The highest BCUT2D eigenvalue weighted by Crippen LogP contribution is 2.14. The van der Waals surface area contributed by atoms with E-state index in [4.69, 9.17) is 9.47 Å². The first-order valence-electron chi connectivity index (χ1n) is 11.8. The van der Waals surface area contributed by atoms with Crippen LogP contribution in [0.4, 0.5) is 0 Å². The summed E-state index contributed by atoms with van der Waals surface area (Å²) < 4.78 is 11.3. The van der Waals surface area contributed by atoms with Crippen molar-refractivity contribution < 1.29 is 9.47 Å². The molecule has 2 N–H and O–H groups in total. The van der Waals surface area contributed by atoms with Crippen molar-refractivity contribution in [1.82, 2.24) is 15.5 Å². The van der Waals surface area contributed by atoms with Crippen LogP contribution in [0.2, 0.25) is 0 Å². The van der Waals surface area contributed by atoms with E-state index in [1.54, 1.807) is 0 Å². The van der Waals surface area contributed by atoms with Crippen molar-refractivity contribution in [2.75, 3.05) is 46.5 Å². The number of ether oxygens (including phenoxy) is 2. The Morgan fingerprint density at radius 1 is 1.13 bits per heavy atom. The number of rotatable bonds is 10. The third kappa shape index (κ3) is 8.62. The molecule has 1 atom stereocenters. The number of nitrogens with one attached hydrogen (secondary N) is 2. The molecule has 3 rings (SSSR count). The van der Waals surface area contributed by atoms with Crippen molar-refractivity contribution in [3.63, 3.8) is 0 Å². The molecule has 0 bridgehead atoms. The Balaban J connectivity index is 1.32. The molecule has 6 heteroatoms. The first kappa shape index (κ1) is 23.0. The van der Waals surface area contributed by atoms with E-state index in [-0.39, 0.29) is 0 Å². The average Bonchev–Trinajstić information content (AvgIpc) is 3.16. The van der Waals surface area contributed by atoms with Gasteiger partial charge in [0.1, 0.15) is 0 Å². The number of benzene rings is 1. The fourth-order valence-electron chi connectivity index (χ4n) is 4.17. The molecule has 1 unspecified atom stereocenters. The molecule has 0 spiro atoms. The molecule has 2 heterocycles.